The average Bonchev–Trinajstić information content (AvgIpc) is 2.98. The van der Waals surface area contributed by atoms with Crippen LogP contribution in [0.2, 0.25) is 0 Å². The molecule has 30 heavy (non-hydrogen) atoms. The Kier molecular flexibility index (Phi) is 7.95. The number of carbonyl (C=O) groups excluding carboxylic acids is 1. The highest BCUT2D eigenvalue weighted by Crippen LogP contribution is 2.28. The maximum Gasteiger partial charge on any atom is 0.263 e. The number of thiophene rings is 1. The number of hydrogen-bond donors (Lipinski definition) is 0. The van der Waals surface area contributed by atoms with E-state index in [1.807, 2.05) is 39.5 Å². The van der Waals surface area contributed by atoms with Gasteiger partial charge in [-0.25, -0.2) is 4.98 Å². The van der Waals surface area contributed by atoms with Crippen molar-refractivity contribution in [1.82, 2.24) is 14.5 Å². The van der Waals surface area contributed by atoms with Crippen LogP contribution in [-0.4, -0.2) is 64.6 Å². The molecule has 9 heteroatoms. The van der Waals surface area contributed by atoms with E-state index in [0.717, 1.165) is 21.7 Å². The first-order chi connectivity index (χ1) is 14.3. The van der Waals surface area contributed by atoms with Crippen molar-refractivity contribution in [1.29, 1.82) is 0 Å². The monoisotopic (exact) mass is 453 g/mol. The Morgan fingerprint density at radius 3 is 2.67 bits per heavy atom. The number of amides is 1. The van der Waals surface area contributed by atoms with Gasteiger partial charge in [-0.3, -0.25) is 14.2 Å². The lowest BCUT2D eigenvalue weighted by atomic mass is 10.2. The molecular weight excluding hydrogens is 422 g/mol. The molecule has 3 rings (SSSR count). The second kappa shape index (κ2) is 10.3. The third-order valence-corrected chi connectivity index (χ3v) is 7.29. The first kappa shape index (κ1) is 23.2. The zero-order valence-electron chi connectivity index (χ0n) is 18.4. The van der Waals surface area contributed by atoms with Gasteiger partial charge in [0.2, 0.25) is 5.91 Å². The smallest absolute Gasteiger partial charge is 0.263 e. The third kappa shape index (κ3) is 5.25. The summed E-state index contributed by atoms with van der Waals surface area (Å²) < 4.78 is 12.9. The molecule has 2 aromatic rings. The number of fused-ring (bicyclic) bond motifs is 1. The Labute approximate surface area is 185 Å². The molecule has 2 atom stereocenters. The van der Waals surface area contributed by atoms with E-state index in [-0.39, 0.29) is 29.4 Å². The van der Waals surface area contributed by atoms with E-state index in [0.29, 0.717) is 43.4 Å². The van der Waals surface area contributed by atoms with Crippen molar-refractivity contribution in [3.63, 3.8) is 0 Å². The molecule has 0 bridgehead atoms. The van der Waals surface area contributed by atoms with Crippen molar-refractivity contribution in [3.8, 4) is 0 Å². The molecule has 3 heterocycles. The molecule has 0 N–H and O–H groups in total. The zero-order valence-corrected chi connectivity index (χ0v) is 20.0. The van der Waals surface area contributed by atoms with Gasteiger partial charge >= 0.3 is 0 Å². The molecule has 0 spiro atoms. The lowest BCUT2D eigenvalue weighted by molar-refractivity contribution is -0.140. The first-order valence-corrected chi connectivity index (χ1v) is 12.3. The summed E-state index contributed by atoms with van der Waals surface area (Å²) in [7, 11) is 0. The predicted octanol–water partition coefficient (Wildman–Crippen LogP) is 3.23. The molecule has 2 aromatic heterocycles. The molecule has 1 saturated heterocycles. The number of ether oxygens (including phenoxy) is 2. The van der Waals surface area contributed by atoms with Gasteiger partial charge in [0.1, 0.15) is 4.83 Å². The normalized spacial score (nSPS) is 19.6. The Hall–Kier alpha value is -1.42. The van der Waals surface area contributed by atoms with Crippen LogP contribution in [0.1, 0.15) is 37.6 Å². The molecule has 1 aliphatic heterocycles. The topological polar surface area (TPSA) is 73.7 Å². The minimum absolute atomic E-state index is 0.0260. The molecule has 0 aliphatic carbocycles. The zero-order chi connectivity index (χ0) is 21.8. The summed E-state index contributed by atoms with van der Waals surface area (Å²) in [6.45, 7) is 12.9. The van der Waals surface area contributed by atoms with Crippen LogP contribution < -0.4 is 5.56 Å². The Morgan fingerprint density at radius 1 is 1.30 bits per heavy atom. The second-order valence-corrected chi connectivity index (χ2v) is 9.86. The molecular formula is C21H31N3O4S2. The maximum absolute atomic E-state index is 13.2. The van der Waals surface area contributed by atoms with Gasteiger partial charge in [-0.2, -0.15) is 0 Å². The fourth-order valence-electron chi connectivity index (χ4n) is 3.68. The molecule has 0 radical (unpaired) electrons. The summed E-state index contributed by atoms with van der Waals surface area (Å²) in [5.74, 6) is 0.308. The molecule has 0 saturated carbocycles. The first-order valence-electron chi connectivity index (χ1n) is 10.5. The van der Waals surface area contributed by atoms with Crippen molar-refractivity contribution in [2.45, 2.75) is 64.9 Å². The van der Waals surface area contributed by atoms with Crippen LogP contribution in [0.25, 0.3) is 10.2 Å². The standard InChI is InChI=1S/C21H31N3O4S2/c1-6-27-9-7-8-24-20(26)18-15(4)16(5)30-19(18)22-21(24)29-12-17(25)23-10-13(2)28-14(3)11-23/h13-14H,6-12H2,1-5H3. The molecule has 166 valence electrons. The number of nitrogens with zero attached hydrogens (tertiary/aromatic N) is 3. The minimum atomic E-state index is -0.0260. The summed E-state index contributed by atoms with van der Waals surface area (Å²) in [5.41, 5.74) is 0.969. The highest BCUT2D eigenvalue weighted by atomic mass is 32.2. The van der Waals surface area contributed by atoms with Gasteiger partial charge in [-0.15, -0.1) is 11.3 Å². The van der Waals surface area contributed by atoms with Gasteiger partial charge in [0.25, 0.3) is 5.56 Å². The van der Waals surface area contributed by atoms with Crippen LogP contribution in [0, 0.1) is 13.8 Å². The summed E-state index contributed by atoms with van der Waals surface area (Å²) >= 11 is 2.88. The number of carbonyl (C=O) groups is 1. The van der Waals surface area contributed by atoms with Crippen molar-refractivity contribution in [3.05, 3.63) is 20.8 Å². The fourth-order valence-corrected chi connectivity index (χ4v) is 5.68. The highest BCUT2D eigenvalue weighted by molar-refractivity contribution is 7.99. The minimum Gasteiger partial charge on any atom is -0.382 e. The van der Waals surface area contributed by atoms with Gasteiger partial charge in [0.15, 0.2) is 5.16 Å². The second-order valence-electron chi connectivity index (χ2n) is 7.71. The van der Waals surface area contributed by atoms with Crippen molar-refractivity contribution >= 4 is 39.2 Å². The third-order valence-electron chi connectivity index (χ3n) is 5.23. The van der Waals surface area contributed by atoms with E-state index >= 15 is 0 Å². The van der Waals surface area contributed by atoms with Crippen LogP contribution in [0.5, 0.6) is 0 Å². The van der Waals surface area contributed by atoms with Gasteiger partial charge in [0.05, 0.1) is 23.3 Å². The molecule has 1 fully saturated rings. The molecule has 7 nitrogen and oxygen atoms in total. The van der Waals surface area contributed by atoms with E-state index in [1.165, 1.54) is 23.1 Å². The quantitative estimate of drug-likeness (QED) is 0.347. The van der Waals surface area contributed by atoms with E-state index < -0.39 is 0 Å². The predicted molar refractivity (Wildman–Crippen MR) is 122 cm³/mol. The van der Waals surface area contributed by atoms with Gasteiger partial charge in [-0.05, 0) is 46.6 Å². The summed E-state index contributed by atoms with van der Waals surface area (Å²) in [4.78, 5) is 34.5. The molecule has 0 aromatic carbocycles. The number of morpholine rings is 1. The fraction of sp³-hybridized carbons (Fsp3) is 0.667. The SMILES string of the molecule is CCOCCCn1c(SCC(=O)N2CC(C)OC(C)C2)nc2sc(C)c(C)c2c1=O. The van der Waals surface area contributed by atoms with E-state index in [1.54, 1.807) is 4.57 Å². The van der Waals surface area contributed by atoms with E-state index in [2.05, 4.69) is 0 Å². The van der Waals surface area contributed by atoms with Gasteiger partial charge in [0, 0.05) is 37.7 Å². The Bertz CT molecular complexity index is 946. The van der Waals surface area contributed by atoms with E-state index in [9.17, 15) is 9.59 Å². The Morgan fingerprint density at radius 2 is 2.00 bits per heavy atom. The van der Waals surface area contributed by atoms with E-state index in [4.69, 9.17) is 14.5 Å². The van der Waals surface area contributed by atoms with Crippen molar-refractivity contribution in [2.24, 2.45) is 0 Å². The van der Waals surface area contributed by atoms with Crippen LogP contribution in [0.15, 0.2) is 9.95 Å². The Balaban J connectivity index is 1.82. The molecule has 1 amide bonds. The summed E-state index contributed by atoms with van der Waals surface area (Å²) in [5, 5.41) is 1.30. The number of rotatable bonds is 8. The maximum atomic E-state index is 13.2. The van der Waals surface area contributed by atoms with Crippen molar-refractivity contribution in [2.75, 3.05) is 32.1 Å². The largest absolute Gasteiger partial charge is 0.382 e. The van der Waals surface area contributed by atoms with Crippen LogP contribution >= 0.6 is 23.1 Å². The van der Waals surface area contributed by atoms with Crippen molar-refractivity contribution < 1.29 is 14.3 Å². The summed E-state index contributed by atoms with van der Waals surface area (Å²) in [6, 6.07) is 0. The lowest BCUT2D eigenvalue weighted by Gasteiger charge is -2.35. The lowest BCUT2D eigenvalue weighted by Crippen LogP contribution is -2.48. The average molecular weight is 454 g/mol. The van der Waals surface area contributed by atoms with Crippen LogP contribution in [0.3, 0.4) is 0 Å². The van der Waals surface area contributed by atoms with Gasteiger partial charge < -0.3 is 14.4 Å². The number of aryl methyl sites for hydroxylation is 2. The van der Waals surface area contributed by atoms with Crippen LogP contribution in [-0.2, 0) is 20.8 Å². The number of hydrogen-bond acceptors (Lipinski definition) is 7. The number of thioether (sulfide) groups is 1. The van der Waals surface area contributed by atoms with Gasteiger partial charge in [-0.1, -0.05) is 11.8 Å². The highest BCUT2D eigenvalue weighted by Gasteiger charge is 2.26. The summed E-state index contributed by atoms with van der Waals surface area (Å²) in [6.07, 6.45) is 0.792. The van der Waals surface area contributed by atoms with Crippen LogP contribution in [0.4, 0.5) is 0 Å². The molecule has 1 aliphatic rings. The molecule has 2 unspecified atom stereocenters. The number of aromatic nitrogens is 2.